The Morgan fingerprint density at radius 1 is 1.00 bits per heavy atom. The van der Waals surface area contributed by atoms with Gasteiger partial charge in [0.2, 0.25) is 5.88 Å². The van der Waals surface area contributed by atoms with Crippen molar-refractivity contribution in [3.63, 3.8) is 0 Å². The Balaban J connectivity index is 1.40. The lowest BCUT2D eigenvalue weighted by atomic mass is 9.98. The van der Waals surface area contributed by atoms with Crippen molar-refractivity contribution in [2.75, 3.05) is 6.61 Å². The fraction of sp³-hybridized carbons (Fsp3) is 0.455. The molecule has 0 saturated heterocycles. The lowest BCUT2D eigenvalue weighted by molar-refractivity contribution is 0.147. The number of ether oxygens (including phenoxy) is 2. The van der Waals surface area contributed by atoms with Gasteiger partial charge in [0.25, 0.3) is 0 Å². The molecular formula is C22H25N3O2. The van der Waals surface area contributed by atoms with E-state index in [4.69, 9.17) is 14.6 Å². The van der Waals surface area contributed by atoms with E-state index in [0.29, 0.717) is 5.88 Å². The van der Waals surface area contributed by atoms with Gasteiger partial charge < -0.3 is 9.47 Å². The lowest BCUT2D eigenvalue weighted by Gasteiger charge is -2.22. The van der Waals surface area contributed by atoms with E-state index in [-0.39, 0.29) is 6.10 Å². The van der Waals surface area contributed by atoms with Crippen LogP contribution in [0, 0.1) is 5.92 Å². The van der Waals surface area contributed by atoms with E-state index in [9.17, 15) is 0 Å². The minimum atomic E-state index is 0.287. The van der Waals surface area contributed by atoms with Gasteiger partial charge in [-0.25, -0.2) is 9.50 Å². The number of hydrogen-bond donors (Lipinski definition) is 0. The minimum Gasteiger partial charge on any atom is -0.493 e. The van der Waals surface area contributed by atoms with E-state index in [0.717, 1.165) is 48.0 Å². The van der Waals surface area contributed by atoms with Crippen LogP contribution < -0.4 is 9.47 Å². The van der Waals surface area contributed by atoms with E-state index in [2.05, 4.69) is 17.1 Å². The lowest BCUT2D eigenvalue weighted by Crippen LogP contribution is -2.20. The second kappa shape index (κ2) is 7.22. The van der Waals surface area contributed by atoms with E-state index >= 15 is 0 Å². The maximum absolute atomic E-state index is 6.13. The van der Waals surface area contributed by atoms with Crippen LogP contribution in [-0.2, 0) is 0 Å². The van der Waals surface area contributed by atoms with Gasteiger partial charge >= 0.3 is 0 Å². The van der Waals surface area contributed by atoms with Crippen molar-refractivity contribution in [1.29, 1.82) is 0 Å². The number of fused-ring (bicyclic) bond motifs is 1. The van der Waals surface area contributed by atoms with Crippen LogP contribution in [0.3, 0.4) is 0 Å². The molecule has 0 bridgehead atoms. The average Bonchev–Trinajstić information content (AvgIpc) is 3.45. The summed E-state index contributed by atoms with van der Waals surface area (Å²) in [7, 11) is 0. The average molecular weight is 363 g/mol. The number of benzene rings is 1. The maximum atomic E-state index is 6.13. The van der Waals surface area contributed by atoms with Crippen molar-refractivity contribution in [3.8, 4) is 22.9 Å². The zero-order valence-electron chi connectivity index (χ0n) is 15.5. The Kier molecular flexibility index (Phi) is 4.44. The molecule has 5 nitrogen and oxygen atoms in total. The molecule has 2 aliphatic carbocycles. The second-order valence-corrected chi connectivity index (χ2v) is 7.75. The first-order valence-electron chi connectivity index (χ1n) is 10.1. The third-order valence-corrected chi connectivity index (χ3v) is 5.49. The van der Waals surface area contributed by atoms with Crippen LogP contribution in [0.25, 0.3) is 16.9 Å². The van der Waals surface area contributed by atoms with Crippen molar-refractivity contribution in [2.24, 2.45) is 5.92 Å². The molecule has 0 radical (unpaired) electrons. The minimum absolute atomic E-state index is 0.287. The van der Waals surface area contributed by atoms with Crippen molar-refractivity contribution >= 4 is 5.65 Å². The van der Waals surface area contributed by atoms with Crippen molar-refractivity contribution in [2.45, 2.75) is 51.0 Å². The van der Waals surface area contributed by atoms with Crippen molar-refractivity contribution < 1.29 is 9.47 Å². The van der Waals surface area contributed by atoms with Gasteiger partial charge in [-0.2, -0.15) is 0 Å². The number of hydrogen-bond acceptors (Lipinski definition) is 4. The summed E-state index contributed by atoms with van der Waals surface area (Å²) in [6.07, 6.45) is 10.8. The largest absolute Gasteiger partial charge is 0.493 e. The molecule has 2 heterocycles. The third kappa shape index (κ3) is 3.77. The van der Waals surface area contributed by atoms with Crippen LogP contribution in [0.5, 0.6) is 11.6 Å². The number of rotatable bonds is 6. The predicted molar refractivity (Wildman–Crippen MR) is 104 cm³/mol. The van der Waals surface area contributed by atoms with Gasteiger partial charge in [0.05, 0.1) is 18.5 Å². The highest BCUT2D eigenvalue weighted by Crippen LogP contribution is 2.31. The van der Waals surface area contributed by atoms with E-state index in [1.54, 1.807) is 0 Å². The first kappa shape index (κ1) is 16.6. The summed E-state index contributed by atoms with van der Waals surface area (Å²) in [5, 5.41) is 4.71. The summed E-state index contributed by atoms with van der Waals surface area (Å²) in [6, 6.07) is 12.1. The standard InChI is InChI=1S/C22H25N3O2/c1-2-6-18(7-3-1)27-22-12-11-21-23-14-20(25(21)24-22)17-5-4-8-19(13-17)26-15-16-9-10-16/h4-5,8,11-14,16,18H,1-3,6-7,9-10,15H2. The molecule has 5 heteroatoms. The first-order valence-corrected chi connectivity index (χ1v) is 10.1. The molecule has 2 aliphatic rings. The first-order chi connectivity index (χ1) is 13.3. The highest BCUT2D eigenvalue weighted by Gasteiger charge is 2.22. The number of nitrogens with zero attached hydrogens (tertiary/aromatic N) is 3. The molecule has 0 amide bonds. The number of imidazole rings is 1. The molecular weight excluding hydrogens is 338 g/mol. The van der Waals surface area contributed by atoms with Crippen LogP contribution in [0.4, 0.5) is 0 Å². The Morgan fingerprint density at radius 3 is 2.74 bits per heavy atom. The summed E-state index contributed by atoms with van der Waals surface area (Å²) in [4.78, 5) is 4.50. The topological polar surface area (TPSA) is 48.7 Å². The molecule has 140 valence electrons. The predicted octanol–water partition coefficient (Wildman–Crippen LogP) is 4.90. The fourth-order valence-corrected chi connectivity index (χ4v) is 3.71. The summed E-state index contributed by atoms with van der Waals surface area (Å²) in [6.45, 7) is 0.814. The molecule has 0 atom stereocenters. The van der Waals surface area contributed by atoms with Gasteiger partial charge in [-0.15, -0.1) is 5.10 Å². The van der Waals surface area contributed by atoms with Crippen LogP contribution in [0.15, 0.2) is 42.6 Å². The molecule has 0 spiro atoms. The summed E-state index contributed by atoms with van der Waals surface area (Å²) in [5.74, 6) is 2.32. The molecule has 0 unspecified atom stereocenters. The van der Waals surface area contributed by atoms with Crippen LogP contribution in [0.2, 0.25) is 0 Å². The van der Waals surface area contributed by atoms with Gasteiger partial charge in [0.1, 0.15) is 11.9 Å². The maximum Gasteiger partial charge on any atom is 0.232 e. The zero-order valence-corrected chi connectivity index (χ0v) is 15.5. The highest BCUT2D eigenvalue weighted by molar-refractivity contribution is 5.64. The van der Waals surface area contributed by atoms with Gasteiger partial charge in [-0.05, 0) is 62.6 Å². The molecule has 27 heavy (non-hydrogen) atoms. The van der Waals surface area contributed by atoms with Crippen LogP contribution in [0.1, 0.15) is 44.9 Å². The molecule has 3 aromatic rings. The van der Waals surface area contributed by atoms with Gasteiger partial charge in [-0.3, -0.25) is 0 Å². The van der Waals surface area contributed by atoms with Crippen LogP contribution >= 0.6 is 0 Å². The molecule has 0 aliphatic heterocycles. The second-order valence-electron chi connectivity index (χ2n) is 7.75. The Hall–Kier alpha value is -2.56. The van der Waals surface area contributed by atoms with E-state index in [1.165, 1.54) is 32.1 Å². The normalized spacial score (nSPS) is 17.9. The van der Waals surface area contributed by atoms with Crippen LogP contribution in [-0.4, -0.2) is 27.3 Å². The quantitative estimate of drug-likeness (QED) is 0.625. The molecule has 1 aromatic carbocycles. The summed E-state index contributed by atoms with van der Waals surface area (Å²) < 4.78 is 13.9. The molecule has 0 N–H and O–H groups in total. The Bertz CT molecular complexity index is 926. The molecule has 2 saturated carbocycles. The van der Waals surface area contributed by atoms with Gasteiger partial charge in [0.15, 0.2) is 5.65 Å². The van der Waals surface area contributed by atoms with Gasteiger partial charge in [-0.1, -0.05) is 18.6 Å². The monoisotopic (exact) mass is 363 g/mol. The van der Waals surface area contributed by atoms with Crippen molar-refractivity contribution in [1.82, 2.24) is 14.6 Å². The summed E-state index contributed by atoms with van der Waals surface area (Å²) in [5.41, 5.74) is 2.83. The third-order valence-electron chi connectivity index (χ3n) is 5.49. The van der Waals surface area contributed by atoms with Gasteiger partial charge in [0, 0.05) is 11.6 Å². The van der Waals surface area contributed by atoms with Crippen molar-refractivity contribution in [3.05, 3.63) is 42.6 Å². The van der Waals surface area contributed by atoms with E-state index < -0.39 is 0 Å². The Labute approximate surface area is 159 Å². The summed E-state index contributed by atoms with van der Waals surface area (Å²) >= 11 is 0. The molecule has 2 aromatic heterocycles. The highest BCUT2D eigenvalue weighted by atomic mass is 16.5. The zero-order chi connectivity index (χ0) is 18.1. The van der Waals surface area contributed by atoms with E-state index in [1.807, 2.05) is 35.0 Å². The Morgan fingerprint density at radius 2 is 1.89 bits per heavy atom. The molecule has 5 rings (SSSR count). The smallest absolute Gasteiger partial charge is 0.232 e. The SMILES string of the molecule is c1cc(OCC2CC2)cc(-c2cnc3ccc(OC4CCCCC4)nn23)c1. The number of aromatic nitrogens is 3. The molecule has 2 fully saturated rings. The fourth-order valence-electron chi connectivity index (χ4n) is 3.71.